The molecule has 0 aliphatic rings. The van der Waals surface area contributed by atoms with Crippen molar-refractivity contribution in [3.63, 3.8) is 0 Å². The van der Waals surface area contributed by atoms with Crippen LogP contribution in [-0.2, 0) is 6.61 Å². The SMILES string of the molecule is COc1ccc(COc2ccc(=O)n(-c3ccc(C(=O)Nc4cc(OC)ccc4OC)cc3)n2)cc1. The van der Waals surface area contributed by atoms with Crippen LogP contribution in [0.25, 0.3) is 5.69 Å². The Hall–Kier alpha value is -4.79. The fourth-order valence-corrected chi connectivity index (χ4v) is 3.40. The maximum atomic E-state index is 12.8. The molecule has 184 valence electrons. The lowest BCUT2D eigenvalue weighted by molar-refractivity contribution is 0.102. The lowest BCUT2D eigenvalue weighted by atomic mass is 10.2. The van der Waals surface area contributed by atoms with E-state index in [2.05, 4.69) is 10.4 Å². The van der Waals surface area contributed by atoms with Gasteiger partial charge in [-0.15, -0.1) is 5.10 Å². The van der Waals surface area contributed by atoms with Crippen LogP contribution in [0.3, 0.4) is 0 Å². The number of carbonyl (C=O) groups is 1. The molecule has 4 aromatic rings. The number of nitrogens with zero attached hydrogens (tertiary/aromatic N) is 2. The molecule has 0 bridgehead atoms. The molecule has 0 radical (unpaired) electrons. The smallest absolute Gasteiger partial charge is 0.271 e. The third-order valence-electron chi connectivity index (χ3n) is 5.35. The van der Waals surface area contributed by atoms with Gasteiger partial charge in [-0.3, -0.25) is 9.59 Å². The van der Waals surface area contributed by atoms with Crippen LogP contribution in [0.15, 0.2) is 83.7 Å². The van der Waals surface area contributed by atoms with Crippen molar-refractivity contribution in [1.82, 2.24) is 9.78 Å². The Labute approximate surface area is 207 Å². The van der Waals surface area contributed by atoms with E-state index in [-0.39, 0.29) is 24.0 Å². The lowest BCUT2D eigenvalue weighted by Gasteiger charge is -2.12. The van der Waals surface area contributed by atoms with Gasteiger partial charge in [-0.2, -0.15) is 4.68 Å². The second kappa shape index (κ2) is 11.1. The van der Waals surface area contributed by atoms with Gasteiger partial charge in [-0.25, -0.2) is 0 Å². The molecule has 0 aliphatic heterocycles. The third kappa shape index (κ3) is 5.64. The van der Waals surface area contributed by atoms with Crippen LogP contribution in [0.2, 0.25) is 0 Å². The Morgan fingerprint density at radius 3 is 2.19 bits per heavy atom. The van der Waals surface area contributed by atoms with Gasteiger partial charge in [0.05, 0.1) is 32.7 Å². The molecule has 1 heterocycles. The van der Waals surface area contributed by atoms with E-state index >= 15 is 0 Å². The number of carbonyl (C=O) groups excluding carboxylic acids is 1. The number of rotatable bonds is 9. The van der Waals surface area contributed by atoms with Gasteiger partial charge in [-0.05, 0) is 54.1 Å². The van der Waals surface area contributed by atoms with E-state index in [0.717, 1.165) is 11.3 Å². The van der Waals surface area contributed by atoms with Crippen LogP contribution in [0, 0.1) is 0 Å². The Morgan fingerprint density at radius 1 is 0.833 bits per heavy atom. The maximum absolute atomic E-state index is 12.8. The molecule has 36 heavy (non-hydrogen) atoms. The fraction of sp³-hybridized carbons (Fsp3) is 0.148. The number of ether oxygens (including phenoxy) is 4. The van der Waals surface area contributed by atoms with Gasteiger partial charge in [-0.1, -0.05) is 12.1 Å². The molecule has 3 aromatic carbocycles. The molecule has 0 fully saturated rings. The highest BCUT2D eigenvalue weighted by Crippen LogP contribution is 2.29. The Morgan fingerprint density at radius 2 is 1.53 bits per heavy atom. The number of benzene rings is 3. The first-order chi connectivity index (χ1) is 17.5. The minimum absolute atomic E-state index is 0.280. The van der Waals surface area contributed by atoms with Gasteiger partial charge in [0.2, 0.25) is 5.88 Å². The Kier molecular flexibility index (Phi) is 7.50. The Balaban J connectivity index is 1.48. The normalized spacial score (nSPS) is 10.4. The largest absolute Gasteiger partial charge is 0.497 e. The summed E-state index contributed by atoms with van der Waals surface area (Å²) in [6, 6.07) is 22.0. The first-order valence-electron chi connectivity index (χ1n) is 11.0. The topological polar surface area (TPSA) is 101 Å². The summed E-state index contributed by atoms with van der Waals surface area (Å²) in [7, 11) is 4.67. The van der Waals surface area contributed by atoms with E-state index in [4.69, 9.17) is 18.9 Å². The van der Waals surface area contributed by atoms with E-state index in [0.29, 0.717) is 28.4 Å². The summed E-state index contributed by atoms with van der Waals surface area (Å²) < 4.78 is 22.7. The van der Waals surface area contributed by atoms with Crippen LogP contribution in [0.4, 0.5) is 5.69 Å². The summed E-state index contributed by atoms with van der Waals surface area (Å²) in [5.74, 6) is 1.79. The lowest BCUT2D eigenvalue weighted by Crippen LogP contribution is -2.20. The molecule has 1 N–H and O–H groups in total. The zero-order valence-corrected chi connectivity index (χ0v) is 20.1. The van der Waals surface area contributed by atoms with Crippen molar-refractivity contribution in [3.05, 3.63) is 100 Å². The van der Waals surface area contributed by atoms with E-state index in [9.17, 15) is 9.59 Å². The maximum Gasteiger partial charge on any atom is 0.271 e. The molecule has 0 unspecified atom stereocenters. The molecule has 0 aliphatic carbocycles. The predicted octanol–water partition coefficient (Wildman–Crippen LogP) is 4.09. The summed E-state index contributed by atoms with van der Waals surface area (Å²) in [6.45, 7) is 0.280. The van der Waals surface area contributed by atoms with Crippen molar-refractivity contribution in [2.75, 3.05) is 26.6 Å². The van der Waals surface area contributed by atoms with Crippen molar-refractivity contribution >= 4 is 11.6 Å². The van der Waals surface area contributed by atoms with E-state index in [1.165, 1.54) is 23.9 Å². The molecule has 0 spiro atoms. The third-order valence-corrected chi connectivity index (χ3v) is 5.35. The van der Waals surface area contributed by atoms with E-state index in [1.54, 1.807) is 56.7 Å². The first kappa shape index (κ1) is 24.3. The molecule has 0 saturated heterocycles. The van der Waals surface area contributed by atoms with Gasteiger partial charge in [0.1, 0.15) is 23.9 Å². The minimum atomic E-state index is -0.343. The van der Waals surface area contributed by atoms with Crippen LogP contribution in [0.5, 0.6) is 23.1 Å². The number of hydrogen-bond donors (Lipinski definition) is 1. The van der Waals surface area contributed by atoms with E-state index in [1.807, 2.05) is 24.3 Å². The monoisotopic (exact) mass is 487 g/mol. The average Bonchev–Trinajstić information content (AvgIpc) is 2.93. The summed E-state index contributed by atoms with van der Waals surface area (Å²) in [5.41, 5.74) is 1.96. The zero-order chi connectivity index (χ0) is 25.5. The molecule has 9 nitrogen and oxygen atoms in total. The first-order valence-corrected chi connectivity index (χ1v) is 11.0. The molecule has 9 heteroatoms. The summed E-state index contributed by atoms with van der Waals surface area (Å²) >= 11 is 0. The van der Waals surface area contributed by atoms with Gasteiger partial charge in [0.25, 0.3) is 11.5 Å². The van der Waals surface area contributed by atoms with Crippen molar-refractivity contribution in [3.8, 4) is 28.8 Å². The zero-order valence-electron chi connectivity index (χ0n) is 20.1. The number of aromatic nitrogens is 2. The molecule has 1 aromatic heterocycles. The average molecular weight is 488 g/mol. The predicted molar refractivity (Wildman–Crippen MR) is 135 cm³/mol. The second-order valence-corrected chi connectivity index (χ2v) is 7.63. The molecule has 1 amide bonds. The van der Waals surface area contributed by atoms with Crippen LogP contribution in [0.1, 0.15) is 15.9 Å². The number of nitrogens with one attached hydrogen (secondary N) is 1. The van der Waals surface area contributed by atoms with Crippen LogP contribution < -0.4 is 29.8 Å². The number of amides is 1. The molecule has 0 atom stereocenters. The summed E-state index contributed by atoms with van der Waals surface area (Å²) in [5, 5.41) is 7.12. The minimum Gasteiger partial charge on any atom is -0.497 e. The highest BCUT2D eigenvalue weighted by atomic mass is 16.5. The van der Waals surface area contributed by atoms with Crippen LogP contribution in [-0.4, -0.2) is 37.0 Å². The van der Waals surface area contributed by atoms with E-state index < -0.39 is 0 Å². The van der Waals surface area contributed by atoms with Crippen molar-refractivity contribution < 1.29 is 23.7 Å². The van der Waals surface area contributed by atoms with Gasteiger partial charge in [0.15, 0.2) is 0 Å². The molecular formula is C27H25N3O6. The standard InChI is InChI=1S/C27H25N3O6/c1-33-21-10-4-18(5-11-21)17-36-25-14-15-26(31)30(29-25)20-8-6-19(7-9-20)27(32)28-23-16-22(34-2)12-13-24(23)35-3/h4-16H,17H2,1-3H3,(H,28,32). The van der Waals surface area contributed by atoms with Gasteiger partial charge < -0.3 is 24.3 Å². The van der Waals surface area contributed by atoms with Crippen molar-refractivity contribution in [2.24, 2.45) is 0 Å². The van der Waals surface area contributed by atoms with Crippen LogP contribution >= 0.6 is 0 Å². The van der Waals surface area contributed by atoms with Gasteiger partial charge >= 0.3 is 0 Å². The Bertz CT molecular complexity index is 1400. The number of methoxy groups -OCH3 is 3. The fourth-order valence-electron chi connectivity index (χ4n) is 3.40. The molecule has 4 rings (SSSR count). The number of anilines is 1. The highest BCUT2D eigenvalue weighted by molar-refractivity contribution is 6.05. The summed E-state index contributed by atoms with van der Waals surface area (Å²) in [4.78, 5) is 25.2. The van der Waals surface area contributed by atoms with Crippen molar-refractivity contribution in [1.29, 1.82) is 0 Å². The molecule has 0 saturated carbocycles. The quantitative estimate of drug-likeness (QED) is 0.380. The summed E-state index contributed by atoms with van der Waals surface area (Å²) in [6.07, 6.45) is 0. The van der Waals surface area contributed by atoms with Gasteiger partial charge in [0, 0.05) is 23.8 Å². The number of hydrogen-bond acceptors (Lipinski definition) is 7. The molecular weight excluding hydrogens is 462 g/mol. The second-order valence-electron chi connectivity index (χ2n) is 7.63. The van der Waals surface area contributed by atoms with Crippen molar-refractivity contribution in [2.45, 2.75) is 6.61 Å². The highest BCUT2D eigenvalue weighted by Gasteiger charge is 2.12.